The molecule has 1 unspecified atom stereocenters. The number of alkyl halides is 1. The summed E-state index contributed by atoms with van der Waals surface area (Å²) in [5.74, 6) is 0. The van der Waals surface area contributed by atoms with E-state index in [2.05, 4.69) is 15.9 Å². The molecule has 0 fully saturated rings. The Kier molecular flexibility index (Phi) is 3.45. The van der Waals surface area contributed by atoms with Gasteiger partial charge in [0.25, 0.3) is 0 Å². The van der Waals surface area contributed by atoms with Crippen LogP contribution in [0.15, 0.2) is 28.7 Å². The van der Waals surface area contributed by atoms with Gasteiger partial charge in [-0.2, -0.15) is 0 Å². The molecular weight excluding hydrogens is 233 g/mol. The monoisotopic (exact) mass is 245 g/mol. The Morgan fingerprint density at radius 1 is 1.46 bits per heavy atom. The van der Waals surface area contributed by atoms with Gasteiger partial charge in [-0.25, -0.2) is 4.39 Å². The Hall–Kier alpha value is -0.410. The van der Waals surface area contributed by atoms with Crippen LogP contribution in [0.4, 0.5) is 4.39 Å². The minimum atomic E-state index is -1.34. The maximum absolute atomic E-state index is 14.0. The highest BCUT2D eigenvalue weighted by atomic mass is 79.9. The molecule has 3 heteroatoms. The molecule has 72 valence electrons. The van der Waals surface area contributed by atoms with Crippen LogP contribution in [0.2, 0.25) is 0 Å². The van der Waals surface area contributed by atoms with Crippen LogP contribution in [0.5, 0.6) is 0 Å². The number of rotatable bonds is 3. The molecule has 13 heavy (non-hydrogen) atoms. The highest BCUT2D eigenvalue weighted by Crippen LogP contribution is 2.33. The van der Waals surface area contributed by atoms with E-state index in [0.717, 1.165) is 4.47 Å². The van der Waals surface area contributed by atoms with Gasteiger partial charge in [0, 0.05) is 10.0 Å². The first kappa shape index (κ1) is 10.7. The van der Waals surface area contributed by atoms with Gasteiger partial charge >= 0.3 is 0 Å². The van der Waals surface area contributed by atoms with Crippen molar-refractivity contribution in [2.24, 2.45) is 5.73 Å². The molecule has 0 saturated heterocycles. The van der Waals surface area contributed by atoms with Crippen molar-refractivity contribution in [1.82, 2.24) is 0 Å². The minimum Gasteiger partial charge on any atom is -0.330 e. The van der Waals surface area contributed by atoms with Crippen LogP contribution in [0.1, 0.15) is 18.9 Å². The second-order valence-corrected chi connectivity index (χ2v) is 4.07. The normalized spacial score (nSPS) is 15.4. The molecule has 0 aromatic heterocycles. The summed E-state index contributed by atoms with van der Waals surface area (Å²) in [7, 11) is 0. The number of halogens is 2. The zero-order chi connectivity index (χ0) is 9.90. The molecule has 0 bridgehead atoms. The first-order valence-electron chi connectivity index (χ1n) is 4.22. The molecule has 0 aliphatic carbocycles. The Morgan fingerprint density at radius 2 is 2.08 bits per heavy atom. The molecule has 1 nitrogen and oxygen atoms in total. The highest BCUT2D eigenvalue weighted by Gasteiger charge is 2.26. The topological polar surface area (TPSA) is 26.0 Å². The summed E-state index contributed by atoms with van der Waals surface area (Å²) < 4.78 is 14.8. The van der Waals surface area contributed by atoms with Gasteiger partial charge in [0.05, 0.1) is 0 Å². The van der Waals surface area contributed by atoms with Gasteiger partial charge in [-0.3, -0.25) is 0 Å². The molecule has 0 saturated carbocycles. The fourth-order valence-corrected chi connectivity index (χ4v) is 1.99. The smallest absolute Gasteiger partial charge is 0.135 e. The molecule has 1 aromatic rings. The van der Waals surface area contributed by atoms with E-state index in [4.69, 9.17) is 5.73 Å². The maximum atomic E-state index is 14.0. The fourth-order valence-electron chi connectivity index (χ4n) is 1.29. The van der Waals surface area contributed by atoms with E-state index >= 15 is 0 Å². The van der Waals surface area contributed by atoms with Crippen LogP contribution in [-0.4, -0.2) is 6.54 Å². The van der Waals surface area contributed by atoms with Gasteiger partial charge in [0.2, 0.25) is 0 Å². The molecule has 1 rings (SSSR count). The summed E-state index contributed by atoms with van der Waals surface area (Å²) in [6.45, 7) is 1.91. The second-order valence-electron chi connectivity index (χ2n) is 3.22. The van der Waals surface area contributed by atoms with Crippen LogP contribution in [0, 0.1) is 0 Å². The van der Waals surface area contributed by atoms with Crippen LogP contribution >= 0.6 is 15.9 Å². The van der Waals surface area contributed by atoms with E-state index in [-0.39, 0.29) is 0 Å². The van der Waals surface area contributed by atoms with Gasteiger partial charge in [-0.05, 0) is 26.0 Å². The molecule has 1 aromatic carbocycles. The standard InChI is InChI=1S/C10H13BrFN/c1-10(12,6-7-13)8-4-2-3-5-9(8)11/h2-5H,6-7,13H2,1H3. The van der Waals surface area contributed by atoms with Gasteiger partial charge in [-0.1, -0.05) is 34.1 Å². The minimum absolute atomic E-state index is 0.343. The van der Waals surface area contributed by atoms with Crippen LogP contribution in [0.3, 0.4) is 0 Å². The van der Waals surface area contributed by atoms with Crippen molar-refractivity contribution in [2.75, 3.05) is 6.54 Å². The molecule has 0 aliphatic rings. The van der Waals surface area contributed by atoms with E-state index < -0.39 is 5.67 Å². The third-order valence-corrected chi connectivity index (χ3v) is 2.74. The zero-order valence-corrected chi connectivity index (χ0v) is 9.14. The lowest BCUT2D eigenvalue weighted by Gasteiger charge is -2.21. The van der Waals surface area contributed by atoms with Gasteiger partial charge in [0.1, 0.15) is 5.67 Å². The Bertz CT molecular complexity index is 286. The van der Waals surface area contributed by atoms with Crippen LogP contribution < -0.4 is 5.73 Å². The van der Waals surface area contributed by atoms with Crippen LogP contribution in [0.25, 0.3) is 0 Å². The molecule has 1 atom stereocenters. The van der Waals surface area contributed by atoms with Crippen molar-refractivity contribution in [3.05, 3.63) is 34.3 Å². The lowest BCUT2D eigenvalue weighted by molar-refractivity contribution is 0.180. The Balaban J connectivity index is 2.99. The van der Waals surface area contributed by atoms with Crippen molar-refractivity contribution in [3.63, 3.8) is 0 Å². The van der Waals surface area contributed by atoms with Crippen LogP contribution in [-0.2, 0) is 5.67 Å². The average molecular weight is 246 g/mol. The fraction of sp³-hybridized carbons (Fsp3) is 0.400. The first-order valence-corrected chi connectivity index (χ1v) is 5.01. The van der Waals surface area contributed by atoms with Crippen molar-refractivity contribution in [3.8, 4) is 0 Å². The lowest BCUT2D eigenvalue weighted by Crippen LogP contribution is -2.20. The molecule has 0 amide bonds. The number of benzene rings is 1. The average Bonchev–Trinajstić information content (AvgIpc) is 2.04. The Labute approximate surface area is 86.3 Å². The summed E-state index contributed by atoms with van der Waals surface area (Å²) in [4.78, 5) is 0. The van der Waals surface area contributed by atoms with E-state index in [1.54, 1.807) is 13.0 Å². The van der Waals surface area contributed by atoms with E-state index in [1.807, 2.05) is 18.2 Å². The van der Waals surface area contributed by atoms with Crippen molar-refractivity contribution < 1.29 is 4.39 Å². The lowest BCUT2D eigenvalue weighted by atomic mass is 9.95. The maximum Gasteiger partial charge on any atom is 0.135 e. The van der Waals surface area contributed by atoms with Crippen molar-refractivity contribution >= 4 is 15.9 Å². The largest absolute Gasteiger partial charge is 0.330 e. The number of hydrogen-bond donors (Lipinski definition) is 1. The predicted octanol–water partition coefficient (Wildman–Crippen LogP) is 2.98. The van der Waals surface area contributed by atoms with Gasteiger partial charge < -0.3 is 5.73 Å². The molecule has 0 aliphatic heterocycles. The molecule has 0 radical (unpaired) electrons. The summed E-state index contributed by atoms with van der Waals surface area (Å²) in [6.07, 6.45) is 0.343. The predicted molar refractivity (Wildman–Crippen MR) is 56.3 cm³/mol. The summed E-state index contributed by atoms with van der Waals surface area (Å²) in [5.41, 5.74) is 4.68. The first-order chi connectivity index (χ1) is 6.08. The number of nitrogens with two attached hydrogens (primary N) is 1. The quantitative estimate of drug-likeness (QED) is 0.871. The highest BCUT2D eigenvalue weighted by molar-refractivity contribution is 9.10. The molecular formula is C10H13BrFN. The van der Waals surface area contributed by atoms with Gasteiger partial charge in [0.15, 0.2) is 0 Å². The van der Waals surface area contributed by atoms with Crippen molar-refractivity contribution in [1.29, 1.82) is 0 Å². The second kappa shape index (κ2) is 4.20. The van der Waals surface area contributed by atoms with E-state index in [0.29, 0.717) is 18.5 Å². The molecule has 2 N–H and O–H groups in total. The van der Waals surface area contributed by atoms with E-state index in [1.165, 1.54) is 0 Å². The van der Waals surface area contributed by atoms with Crippen molar-refractivity contribution in [2.45, 2.75) is 19.0 Å². The zero-order valence-electron chi connectivity index (χ0n) is 7.56. The summed E-state index contributed by atoms with van der Waals surface area (Å²) >= 11 is 3.32. The van der Waals surface area contributed by atoms with Gasteiger partial charge in [-0.15, -0.1) is 0 Å². The van der Waals surface area contributed by atoms with E-state index in [9.17, 15) is 4.39 Å². The summed E-state index contributed by atoms with van der Waals surface area (Å²) in [5, 5.41) is 0. The molecule has 0 heterocycles. The molecule has 0 spiro atoms. The summed E-state index contributed by atoms with van der Waals surface area (Å²) in [6, 6.07) is 7.31. The third kappa shape index (κ3) is 2.51. The third-order valence-electron chi connectivity index (χ3n) is 2.05. The Morgan fingerprint density at radius 3 is 2.62 bits per heavy atom. The number of hydrogen-bond acceptors (Lipinski definition) is 1. The SMILES string of the molecule is CC(F)(CCN)c1ccccc1Br.